The highest BCUT2D eigenvalue weighted by Crippen LogP contribution is 2.32. The molecule has 0 radical (unpaired) electrons. The molecular weight excluding hydrogens is 306 g/mol. The molecule has 0 fully saturated rings. The first-order valence-corrected chi connectivity index (χ1v) is 7.09. The van der Waals surface area contributed by atoms with Gasteiger partial charge < -0.3 is 14.2 Å². The number of aryl methyl sites for hydroxylation is 1. The van der Waals surface area contributed by atoms with Crippen molar-refractivity contribution in [1.82, 2.24) is 0 Å². The number of nitrogens with one attached hydrogen (secondary N) is 1. The van der Waals surface area contributed by atoms with Crippen LogP contribution in [0, 0.1) is 6.92 Å². The third-order valence-electron chi connectivity index (χ3n) is 3.26. The predicted molar refractivity (Wildman–Crippen MR) is 82.6 cm³/mol. The van der Waals surface area contributed by atoms with Crippen molar-refractivity contribution in [3.63, 3.8) is 0 Å². The van der Waals surface area contributed by atoms with Crippen LogP contribution in [0.2, 0.25) is 5.02 Å². The minimum Gasteiger partial charge on any atom is -0.454 e. The first-order valence-electron chi connectivity index (χ1n) is 6.71. The molecule has 1 amide bonds. The van der Waals surface area contributed by atoms with Gasteiger partial charge in [-0.15, -0.1) is 0 Å². The van der Waals surface area contributed by atoms with Gasteiger partial charge in [-0.05, 0) is 36.2 Å². The normalized spacial score (nSPS) is 12.1. The summed E-state index contributed by atoms with van der Waals surface area (Å²) in [4.78, 5) is 11.9. The van der Waals surface area contributed by atoms with E-state index in [1.165, 1.54) is 0 Å². The van der Waals surface area contributed by atoms with Gasteiger partial charge in [0.15, 0.2) is 11.5 Å². The SMILES string of the molecule is Cc1cccc(Cl)c1NC(=O)OCc1ccc2c(c1)OCO2. The summed E-state index contributed by atoms with van der Waals surface area (Å²) in [6.45, 7) is 2.21. The number of carbonyl (C=O) groups excluding carboxylic acids is 1. The number of ether oxygens (including phenoxy) is 3. The van der Waals surface area contributed by atoms with Gasteiger partial charge in [-0.2, -0.15) is 0 Å². The van der Waals surface area contributed by atoms with Gasteiger partial charge in [-0.25, -0.2) is 4.79 Å². The number of rotatable bonds is 3. The topological polar surface area (TPSA) is 56.8 Å². The summed E-state index contributed by atoms with van der Waals surface area (Å²) in [6.07, 6.45) is -0.561. The fourth-order valence-electron chi connectivity index (χ4n) is 2.11. The number of carbonyl (C=O) groups is 1. The molecule has 1 N–H and O–H groups in total. The number of fused-ring (bicyclic) bond motifs is 1. The van der Waals surface area contributed by atoms with E-state index >= 15 is 0 Å². The standard InChI is InChI=1S/C16H14ClNO4/c1-10-3-2-4-12(17)15(10)18-16(19)20-8-11-5-6-13-14(7-11)22-9-21-13/h2-7H,8-9H2,1H3,(H,18,19). The second-order valence-electron chi connectivity index (χ2n) is 4.82. The second kappa shape index (κ2) is 6.15. The Morgan fingerprint density at radius 3 is 2.91 bits per heavy atom. The van der Waals surface area contributed by atoms with Gasteiger partial charge in [0.05, 0.1) is 10.7 Å². The highest BCUT2D eigenvalue weighted by atomic mass is 35.5. The van der Waals surface area contributed by atoms with Crippen molar-refractivity contribution in [2.45, 2.75) is 13.5 Å². The lowest BCUT2D eigenvalue weighted by Gasteiger charge is -2.11. The monoisotopic (exact) mass is 319 g/mol. The Kier molecular flexibility index (Phi) is 4.06. The lowest BCUT2D eigenvalue weighted by molar-refractivity contribution is 0.154. The molecule has 0 unspecified atom stereocenters. The molecule has 114 valence electrons. The van der Waals surface area contributed by atoms with Crippen LogP contribution in [0.15, 0.2) is 36.4 Å². The zero-order chi connectivity index (χ0) is 15.5. The molecule has 0 atom stereocenters. The molecule has 1 aliphatic heterocycles. The van der Waals surface area contributed by atoms with Crippen LogP contribution in [0.25, 0.3) is 0 Å². The maximum absolute atomic E-state index is 11.9. The van der Waals surface area contributed by atoms with Crippen LogP contribution in [0.3, 0.4) is 0 Å². The van der Waals surface area contributed by atoms with E-state index in [1.807, 2.05) is 25.1 Å². The fourth-order valence-corrected chi connectivity index (χ4v) is 2.38. The van der Waals surface area contributed by atoms with Crippen molar-refractivity contribution >= 4 is 23.4 Å². The van der Waals surface area contributed by atoms with Gasteiger partial charge in [0.25, 0.3) is 0 Å². The van der Waals surface area contributed by atoms with Crippen LogP contribution in [0.4, 0.5) is 10.5 Å². The Morgan fingerprint density at radius 2 is 2.09 bits per heavy atom. The van der Waals surface area contributed by atoms with Crippen LogP contribution < -0.4 is 14.8 Å². The third-order valence-corrected chi connectivity index (χ3v) is 3.57. The zero-order valence-electron chi connectivity index (χ0n) is 11.9. The molecule has 3 rings (SSSR count). The molecule has 2 aromatic rings. The molecule has 6 heteroatoms. The van der Waals surface area contributed by atoms with E-state index in [4.69, 9.17) is 25.8 Å². The Hall–Kier alpha value is -2.40. The second-order valence-corrected chi connectivity index (χ2v) is 5.23. The van der Waals surface area contributed by atoms with Gasteiger partial charge in [0, 0.05) is 0 Å². The highest BCUT2D eigenvalue weighted by molar-refractivity contribution is 6.33. The van der Waals surface area contributed by atoms with E-state index in [0.29, 0.717) is 22.2 Å². The number of halogens is 1. The van der Waals surface area contributed by atoms with E-state index in [2.05, 4.69) is 5.32 Å². The summed E-state index contributed by atoms with van der Waals surface area (Å²) in [5.74, 6) is 1.35. The molecule has 5 nitrogen and oxygen atoms in total. The fraction of sp³-hybridized carbons (Fsp3) is 0.188. The van der Waals surface area contributed by atoms with E-state index in [1.54, 1.807) is 18.2 Å². The number of hydrogen-bond acceptors (Lipinski definition) is 4. The summed E-state index contributed by atoms with van der Waals surface area (Å²) in [5, 5.41) is 3.12. The maximum Gasteiger partial charge on any atom is 0.412 e. The number of amides is 1. The van der Waals surface area contributed by atoms with Gasteiger partial charge in [-0.1, -0.05) is 29.8 Å². The van der Waals surface area contributed by atoms with Crippen LogP contribution in [-0.2, 0) is 11.3 Å². The molecule has 22 heavy (non-hydrogen) atoms. The molecular formula is C16H14ClNO4. The van der Waals surface area contributed by atoms with Gasteiger partial charge in [0.1, 0.15) is 6.61 Å². The Labute approximate surface area is 132 Å². The Morgan fingerprint density at radius 1 is 1.27 bits per heavy atom. The molecule has 0 saturated carbocycles. The number of anilines is 1. The van der Waals surface area contributed by atoms with Crippen molar-refractivity contribution in [3.05, 3.63) is 52.5 Å². The van der Waals surface area contributed by atoms with Crippen LogP contribution in [0.1, 0.15) is 11.1 Å². The van der Waals surface area contributed by atoms with E-state index < -0.39 is 6.09 Å². The Balaban J connectivity index is 1.61. The molecule has 0 aromatic heterocycles. The summed E-state index contributed by atoms with van der Waals surface area (Å²) in [5.41, 5.74) is 2.24. The molecule has 0 bridgehead atoms. The number of benzene rings is 2. The molecule has 1 aliphatic rings. The summed E-state index contributed by atoms with van der Waals surface area (Å²) in [6, 6.07) is 10.8. The Bertz CT molecular complexity index is 697. The molecule has 2 aromatic carbocycles. The van der Waals surface area contributed by atoms with Crippen molar-refractivity contribution in [3.8, 4) is 11.5 Å². The minimum atomic E-state index is -0.561. The summed E-state index contributed by atoms with van der Waals surface area (Å²) < 4.78 is 15.7. The molecule has 0 spiro atoms. The number of hydrogen-bond donors (Lipinski definition) is 1. The summed E-state index contributed by atoms with van der Waals surface area (Å²) >= 11 is 6.05. The van der Waals surface area contributed by atoms with Crippen LogP contribution >= 0.6 is 11.6 Å². The minimum absolute atomic E-state index is 0.131. The van der Waals surface area contributed by atoms with Gasteiger partial charge >= 0.3 is 6.09 Å². The lowest BCUT2D eigenvalue weighted by atomic mass is 10.2. The summed E-state index contributed by atoms with van der Waals surface area (Å²) in [7, 11) is 0. The first-order chi connectivity index (χ1) is 10.6. The largest absolute Gasteiger partial charge is 0.454 e. The zero-order valence-corrected chi connectivity index (χ0v) is 12.6. The predicted octanol–water partition coefficient (Wildman–Crippen LogP) is 4.13. The average Bonchev–Trinajstić information content (AvgIpc) is 2.96. The van der Waals surface area contributed by atoms with Crippen molar-refractivity contribution in [1.29, 1.82) is 0 Å². The first kappa shape index (κ1) is 14.5. The van der Waals surface area contributed by atoms with Crippen LogP contribution in [0.5, 0.6) is 11.5 Å². The highest BCUT2D eigenvalue weighted by Gasteiger charge is 2.14. The average molecular weight is 320 g/mol. The van der Waals surface area contributed by atoms with Gasteiger partial charge in [0.2, 0.25) is 6.79 Å². The third kappa shape index (κ3) is 3.09. The molecule has 1 heterocycles. The van der Waals surface area contributed by atoms with Crippen LogP contribution in [-0.4, -0.2) is 12.9 Å². The van der Waals surface area contributed by atoms with Gasteiger partial charge in [-0.3, -0.25) is 5.32 Å². The maximum atomic E-state index is 11.9. The van der Waals surface area contributed by atoms with E-state index in [0.717, 1.165) is 11.1 Å². The van der Waals surface area contributed by atoms with E-state index in [9.17, 15) is 4.79 Å². The van der Waals surface area contributed by atoms with Crippen molar-refractivity contribution in [2.75, 3.05) is 12.1 Å². The van der Waals surface area contributed by atoms with E-state index in [-0.39, 0.29) is 13.4 Å². The van der Waals surface area contributed by atoms with Crippen molar-refractivity contribution in [2.24, 2.45) is 0 Å². The quantitative estimate of drug-likeness (QED) is 0.924. The lowest BCUT2D eigenvalue weighted by Crippen LogP contribution is -2.14. The van der Waals surface area contributed by atoms with Crippen molar-refractivity contribution < 1.29 is 19.0 Å². The molecule has 0 aliphatic carbocycles. The number of para-hydroxylation sites is 1. The molecule has 0 saturated heterocycles. The smallest absolute Gasteiger partial charge is 0.412 e.